The van der Waals surface area contributed by atoms with Gasteiger partial charge in [0.15, 0.2) is 0 Å². The smallest absolute Gasteiger partial charge is 0.243 e. The molecule has 0 radical (unpaired) electrons. The molecular formula is C24H35N3O4S. The third-order valence-electron chi connectivity index (χ3n) is 6.15. The van der Waals surface area contributed by atoms with Crippen LogP contribution in [0.15, 0.2) is 52.0 Å². The number of sulfonamides is 1. The monoisotopic (exact) mass is 461 g/mol. The van der Waals surface area contributed by atoms with Crippen LogP contribution in [0.3, 0.4) is 0 Å². The summed E-state index contributed by atoms with van der Waals surface area (Å²) in [6, 6.07) is 10.8. The van der Waals surface area contributed by atoms with Crippen molar-refractivity contribution in [2.24, 2.45) is 5.92 Å². The fourth-order valence-electron chi connectivity index (χ4n) is 3.99. The molecule has 1 aromatic heterocycles. The second kappa shape index (κ2) is 9.77. The number of nitrogens with zero attached hydrogens (tertiary/aromatic N) is 2. The number of amides is 1. The Kier molecular flexibility index (Phi) is 7.47. The molecule has 3 rings (SSSR count). The molecule has 0 saturated carbocycles. The SMILES string of the molecule is CN(C)C(CNC(=O)C1CCN(S(=O)(=O)c2ccc(C(C)(C)C)cc2)CC1)c1ccco1. The van der Waals surface area contributed by atoms with Crippen LogP contribution in [0.5, 0.6) is 0 Å². The van der Waals surface area contributed by atoms with Crippen LogP contribution < -0.4 is 5.32 Å². The number of piperidine rings is 1. The lowest BCUT2D eigenvalue weighted by Gasteiger charge is -2.31. The van der Waals surface area contributed by atoms with Crippen LogP contribution in [0.2, 0.25) is 0 Å². The molecule has 8 heteroatoms. The predicted molar refractivity (Wildman–Crippen MR) is 125 cm³/mol. The minimum Gasteiger partial charge on any atom is -0.468 e. The van der Waals surface area contributed by atoms with E-state index in [9.17, 15) is 13.2 Å². The quantitative estimate of drug-likeness (QED) is 0.683. The van der Waals surface area contributed by atoms with E-state index in [1.807, 2.05) is 43.3 Å². The topological polar surface area (TPSA) is 82.9 Å². The van der Waals surface area contributed by atoms with E-state index in [-0.39, 0.29) is 23.3 Å². The van der Waals surface area contributed by atoms with Crippen molar-refractivity contribution < 1.29 is 17.6 Å². The van der Waals surface area contributed by atoms with Gasteiger partial charge in [0.25, 0.3) is 0 Å². The minimum absolute atomic E-state index is 0.0312. The summed E-state index contributed by atoms with van der Waals surface area (Å²) < 4.78 is 33.1. The highest BCUT2D eigenvalue weighted by molar-refractivity contribution is 7.89. The second-order valence-corrected chi connectivity index (χ2v) is 11.6. The first kappa shape index (κ1) is 24.5. The molecular weight excluding hydrogens is 426 g/mol. The van der Waals surface area contributed by atoms with Gasteiger partial charge in [0.1, 0.15) is 5.76 Å². The summed E-state index contributed by atoms with van der Waals surface area (Å²) in [5.41, 5.74) is 1.06. The molecule has 7 nitrogen and oxygen atoms in total. The molecule has 0 bridgehead atoms. The molecule has 176 valence electrons. The van der Waals surface area contributed by atoms with Gasteiger partial charge < -0.3 is 9.73 Å². The van der Waals surface area contributed by atoms with Crippen molar-refractivity contribution in [3.8, 4) is 0 Å². The van der Waals surface area contributed by atoms with Crippen LogP contribution in [0.1, 0.15) is 51.0 Å². The van der Waals surface area contributed by atoms with Crippen LogP contribution in [-0.2, 0) is 20.2 Å². The lowest BCUT2D eigenvalue weighted by Crippen LogP contribution is -2.44. The largest absolute Gasteiger partial charge is 0.468 e. The molecule has 1 N–H and O–H groups in total. The molecule has 1 amide bonds. The van der Waals surface area contributed by atoms with E-state index in [0.717, 1.165) is 11.3 Å². The number of nitrogens with one attached hydrogen (secondary N) is 1. The minimum atomic E-state index is -3.56. The predicted octanol–water partition coefficient (Wildman–Crippen LogP) is 3.40. The lowest BCUT2D eigenvalue weighted by molar-refractivity contribution is -0.126. The Morgan fingerprint density at radius 1 is 1.16 bits per heavy atom. The lowest BCUT2D eigenvalue weighted by atomic mass is 9.87. The summed E-state index contributed by atoms with van der Waals surface area (Å²) >= 11 is 0. The molecule has 1 saturated heterocycles. The molecule has 2 aromatic rings. The van der Waals surface area contributed by atoms with Gasteiger partial charge in [0, 0.05) is 25.6 Å². The number of rotatable bonds is 7. The van der Waals surface area contributed by atoms with Gasteiger partial charge in [-0.2, -0.15) is 4.31 Å². The van der Waals surface area contributed by atoms with Crippen molar-refractivity contribution in [1.82, 2.24) is 14.5 Å². The maximum Gasteiger partial charge on any atom is 0.243 e. The van der Waals surface area contributed by atoms with Crippen LogP contribution in [0, 0.1) is 5.92 Å². The van der Waals surface area contributed by atoms with Gasteiger partial charge in [-0.15, -0.1) is 0 Å². The Balaban J connectivity index is 1.56. The fourth-order valence-corrected chi connectivity index (χ4v) is 5.46. The van der Waals surface area contributed by atoms with Crippen LogP contribution in [0.4, 0.5) is 0 Å². The summed E-state index contributed by atoms with van der Waals surface area (Å²) in [7, 11) is 0.325. The average Bonchev–Trinajstić information content (AvgIpc) is 3.27. The Bertz CT molecular complexity index is 985. The molecule has 1 unspecified atom stereocenters. The molecule has 1 fully saturated rings. The Labute approximate surface area is 191 Å². The van der Waals surface area contributed by atoms with E-state index in [2.05, 4.69) is 26.1 Å². The van der Waals surface area contributed by atoms with Crippen LogP contribution in [0.25, 0.3) is 0 Å². The number of hydrogen-bond donors (Lipinski definition) is 1. The number of furan rings is 1. The van der Waals surface area contributed by atoms with Gasteiger partial charge in [0.2, 0.25) is 15.9 Å². The standard InChI is InChI=1S/C24H35N3O4S/c1-24(2,3)19-8-10-20(11-9-19)32(29,30)27-14-12-18(13-15-27)23(28)25-17-21(26(4)5)22-7-6-16-31-22/h6-11,16,18,21H,12-15,17H2,1-5H3,(H,25,28). The normalized spacial score (nSPS) is 17.4. The average molecular weight is 462 g/mol. The maximum atomic E-state index is 13.1. The molecule has 2 heterocycles. The third kappa shape index (κ3) is 5.60. The number of benzene rings is 1. The van der Waals surface area contributed by atoms with Gasteiger partial charge >= 0.3 is 0 Å². The van der Waals surface area contributed by atoms with Crippen molar-refractivity contribution >= 4 is 15.9 Å². The molecule has 1 aliphatic heterocycles. The fraction of sp³-hybridized carbons (Fsp3) is 0.542. The van der Waals surface area contributed by atoms with Gasteiger partial charge in [-0.3, -0.25) is 9.69 Å². The van der Waals surface area contributed by atoms with E-state index in [4.69, 9.17) is 4.42 Å². The highest BCUT2D eigenvalue weighted by atomic mass is 32.2. The summed E-state index contributed by atoms with van der Waals surface area (Å²) in [6.07, 6.45) is 2.65. The molecule has 32 heavy (non-hydrogen) atoms. The van der Waals surface area contributed by atoms with Gasteiger partial charge in [-0.25, -0.2) is 8.42 Å². The van der Waals surface area contributed by atoms with Crippen molar-refractivity contribution in [2.45, 2.75) is 50.0 Å². The highest BCUT2D eigenvalue weighted by Gasteiger charge is 2.32. The zero-order chi connectivity index (χ0) is 23.5. The van der Waals surface area contributed by atoms with Crippen LogP contribution in [-0.4, -0.2) is 57.3 Å². The van der Waals surface area contributed by atoms with Crippen molar-refractivity contribution in [2.75, 3.05) is 33.7 Å². The molecule has 1 aromatic carbocycles. The Morgan fingerprint density at radius 3 is 2.28 bits per heavy atom. The molecule has 0 aliphatic carbocycles. The molecule has 1 aliphatic rings. The first-order valence-electron chi connectivity index (χ1n) is 11.1. The summed E-state index contributed by atoms with van der Waals surface area (Å²) in [5.74, 6) is 0.577. The third-order valence-corrected chi connectivity index (χ3v) is 8.06. The summed E-state index contributed by atoms with van der Waals surface area (Å²) in [5, 5.41) is 3.02. The molecule has 0 spiro atoms. The van der Waals surface area contributed by atoms with E-state index < -0.39 is 10.0 Å². The zero-order valence-electron chi connectivity index (χ0n) is 19.7. The number of carbonyl (C=O) groups excluding carboxylic acids is 1. The van der Waals surface area contributed by atoms with Crippen molar-refractivity contribution in [3.63, 3.8) is 0 Å². The van der Waals surface area contributed by atoms with Crippen molar-refractivity contribution in [1.29, 1.82) is 0 Å². The first-order valence-corrected chi connectivity index (χ1v) is 12.5. The summed E-state index contributed by atoms with van der Waals surface area (Å²) in [4.78, 5) is 15.0. The number of hydrogen-bond acceptors (Lipinski definition) is 5. The van der Waals surface area contributed by atoms with E-state index in [1.165, 1.54) is 4.31 Å². The van der Waals surface area contributed by atoms with E-state index in [1.54, 1.807) is 18.4 Å². The Morgan fingerprint density at radius 2 is 1.78 bits per heavy atom. The van der Waals surface area contributed by atoms with Gasteiger partial charge in [0.05, 0.1) is 17.2 Å². The first-order chi connectivity index (χ1) is 15.0. The number of likely N-dealkylation sites (N-methyl/N-ethyl adjacent to an activating group) is 1. The summed E-state index contributed by atoms with van der Waals surface area (Å²) in [6.45, 7) is 7.43. The van der Waals surface area contributed by atoms with Gasteiger partial charge in [-0.1, -0.05) is 32.9 Å². The molecule has 1 atom stereocenters. The number of carbonyl (C=O) groups is 1. The second-order valence-electron chi connectivity index (χ2n) is 9.69. The highest BCUT2D eigenvalue weighted by Crippen LogP contribution is 2.27. The van der Waals surface area contributed by atoms with E-state index in [0.29, 0.717) is 37.4 Å². The maximum absolute atomic E-state index is 13.1. The van der Waals surface area contributed by atoms with Gasteiger partial charge in [-0.05, 0) is 62.2 Å². The van der Waals surface area contributed by atoms with E-state index >= 15 is 0 Å². The van der Waals surface area contributed by atoms with Crippen LogP contribution >= 0.6 is 0 Å². The Hall–Kier alpha value is -2.16. The van der Waals surface area contributed by atoms with Crippen molar-refractivity contribution in [3.05, 3.63) is 54.0 Å². The zero-order valence-corrected chi connectivity index (χ0v) is 20.5.